The van der Waals surface area contributed by atoms with Crippen molar-refractivity contribution < 1.29 is 8.42 Å². The topological polar surface area (TPSA) is 46.2 Å². The second kappa shape index (κ2) is 5.10. The van der Waals surface area contributed by atoms with Crippen LogP contribution in [0.1, 0.15) is 0 Å². The molecule has 0 spiro atoms. The minimum Gasteiger partial charge on any atom is -0.214 e. The zero-order valence-electron chi connectivity index (χ0n) is 9.72. The van der Waals surface area contributed by atoms with Gasteiger partial charge < -0.3 is 0 Å². The third-order valence-corrected chi connectivity index (χ3v) is 4.41. The van der Waals surface area contributed by atoms with Gasteiger partial charge in [0, 0.05) is 16.1 Å². The van der Waals surface area contributed by atoms with E-state index in [1.807, 2.05) is 6.07 Å². The Morgan fingerprint density at radius 3 is 2.11 bits per heavy atom. The number of rotatable bonds is 3. The van der Waals surface area contributed by atoms with Gasteiger partial charge in [0.15, 0.2) is 0 Å². The van der Waals surface area contributed by atoms with Crippen LogP contribution in [0.4, 0.5) is 0 Å². The summed E-state index contributed by atoms with van der Waals surface area (Å²) in [5.74, 6) is 0. The average molecular weight is 282 g/mol. The van der Waals surface area contributed by atoms with Gasteiger partial charge in [-0.2, -0.15) is 0 Å². The third-order valence-electron chi connectivity index (χ3n) is 2.61. The van der Waals surface area contributed by atoms with Crippen molar-refractivity contribution in [3.8, 4) is 11.1 Å². The van der Waals surface area contributed by atoms with E-state index in [-0.39, 0.29) is 4.90 Å². The second-order valence-corrected chi connectivity index (χ2v) is 5.95. The number of benzene rings is 2. The Morgan fingerprint density at radius 1 is 0.944 bits per heavy atom. The van der Waals surface area contributed by atoms with Crippen LogP contribution in [0.5, 0.6) is 0 Å². The van der Waals surface area contributed by atoms with Crippen molar-refractivity contribution in [2.75, 3.05) is 7.05 Å². The maximum Gasteiger partial charge on any atom is 0.240 e. The molecule has 0 fully saturated rings. The first-order valence-electron chi connectivity index (χ1n) is 5.34. The van der Waals surface area contributed by atoms with Crippen LogP contribution in [0.15, 0.2) is 53.4 Å². The van der Waals surface area contributed by atoms with E-state index >= 15 is 0 Å². The van der Waals surface area contributed by atoms with Crippen LogP contribution >= 0.6 is 11.6 Å². The first-order valence-corrected chi connectivity index (χ1v) is 7.20. The standard InChI is InChI=1S/C13H12ClNO2S/c1-15-18(16,17)13-9-5-3-7-11(13)10-6-2-4-8-12(10)14/h2-9,15H,1H3. The SMILES string of the molecule is CNS(=O)(=O)c1ccccc1-c1ccccc1Cl. The molecule has 0 aliphatic heterocycles. The van der Waals surface area contributed by atoms with Crippen molar-refractivity contribution in [2.24, 2.45) is 0 Å². The third kappa shape index (κ3) is 2.41. The van der Waals surface area contributed by atoms with Gasteiger partial charge in [-0.3, -0.25) is 0 Å². The molecule has 2 aromatic rings. The lowest BCUT2D eigenvalue weighted by molar-refractivity contribution is 0.588. The number of nitrogens with one attached hydrogen (secondary N) is 1. The molecular formula is C13H12ClNO2S. The van der Waals surface area contributed by atoms with Gasteiger partial charge in [-0.25, -0.2) is 13.1 Å². The molecule has 1 N–H and O–H groups in total. The molecule has 0 unspecified atom stereocenters. The smallest absolute Gasteiger partial charge is 0.214 e. The maximum absolute atomic E-state index is 12.0. The van der Waals surface area contributed by atoms with Crippen molar-refractivity contribution in [1.29, 1.82) is 0 Å². The molecule has 0 radical (unpaired) electrons. The largest absolute Gasteiger partial charge is 0.240 e. The molecule has 3 nitrogen and oxygen atoms in total. The van der Waals surface area contributed by atoms with Crippen LogP contribution in [0.25, 0.3) is 11.1 Å². The van der Waals surface area contributed by atoms with Crippen molar-refractivity contribution in [3.05, 3.63) is 53.6 Å². The van der Waals surface area contributed by atoms with E-state index in [0.29, 0.717) is 16.1 Å². The van der Waals surface area contributed by atoms with Crippen LogP contribution < -0.4 is 4.72 Å². The fraction of sp³-hybridized carbons (Fsp3) is 0.0769. The Labute approximate surface area is 111 Å². The van der Waals surface area contributed by atoms with Gasteiger partial charge in [0.2, 0.25) is 10.0 Å². The molecule has 94 valence electrons. The highest BCUT2D eigenvalue weighted by Crippen LogP contribution is 2.32. The maximum atomic E-state index is 12.0. The molecule has 0 bridgehead atoms. The van der Waals surface area contributed by atoms with Crippen LogP contribution in [-0.2, 0) is 10.0 Å². The van der Waals surface area contributed by atoms with Crippen LogP contribution in [0.2, 0.25) is 5.02 Å². The van der Waals surface area contributed by atoms with Gasteiger partial charge in [-0.05, 0) is 19.2 Å². The van der Waals surface area contributed by atoms with E-state index in [1.54, 1.807) is 42.5 Å². The molecule has 0 amide bonds. The van der Waals surface area contributed by atoms with Crippen molar-refractivity contribution in [2.45, 2.75) is 4.90 Å². The summed E-state index contributed by atoms with van der Waals surface area (Å²) in [6.07, 6.45) is 0. The summed E-state index contributed by atoms with van der Waals surface area (Å²) in [6, 6.07) is 13.9. The Morgan fingerprint density at radius 2 is 1.50 bits per heavy atom. The fourth-order valence-electron chi connectivity index (χ4n) is 1.71. The lowest BCUT2D eigenvalue weighted by Crippen LogP contribution is -2.19. The Bertz CT molecular complexity index is 668. The monoisotopic (exact) mass is 281 g/mol. The normalized spacial score (nSPS) is 11.4. The molecule has 5 heteroatoms. The molecule has 0 aliphatic rings. The highest BCUT2D eigenvalue weighted by Gasteiger charge is 2.17. The molecule has 18 heavy (non-hydrogen) atoms. The quantitative estimate of drug-likeness (QED) is 0.940. The van der Waals surface area contributed by atoms with E-state index in [2.05, 4.69) is 4.72 Å². The van der Waals surface area contributed by atoms with Gasteiger partial charge in [-0.15, -0.1) is 0 Å². The average Bonchev–Trinajstić information content (AvgIpc) is 2.39. The molecule has 0 atom stereocenters. The van der Waals surface area contributed by atoms with E-state index in [4.69, 9.17) is 11.6 Å². The minimum absolute atomic E-state index is 0.223. The van der Waals surface area contributed by atoms with E-state index in [1.165, 1.54) is 7.05 Å². The summed E-state index contributed by atoms with van der Waals surface area (Å²) >= 11 is 6.11. The Kier molecular flexibility index (Phi) is 3.71. The predicted octanol–water partition coefficient (Wildman–Crippen LogP) is 2.92. The Hall–Kier alpha value is -1.36. The van der Waals surface area contributed by atoms with E-state index < -0.39 is 10.0 Å². The van der Waals surface area contributed by atoms with Crippen LogP contribution in [-0.4, -0.2) is 15.5 Å². The minimum atomic E-state index is -3.50. The predicted molar refractivity (Wildman–Crippen MR) is 73.1 cm³/mol. The first-order chi connectivity index (χ1) is 8.56. The lowest BCUT2D eigenvalue weighted by atomic mass is 10.1. The fourth-order valence-corrected chi connectivity index (χ4v) is 2.90. The summed E-state index contributed by atoms with van der Waals surface area (Å²) in [7, 11) is -2.11. The zero-order valence-corrected chi connectivity index (χ0v) is 11.3. The molecule has 0 heterocycles. The molecule has 2 rings (SSSR count). The summed E-state index contributed by atoms with van der Waals surface area (Å²) in [5, 5.41) is 0.524. The van der Waals surface area contributed by atoms with Gasteiger partial charge in [0.1, 0.15) is 0 Å². The molecule has 0 aliphatic carbocycles. The van der Waals surface area contributed by atoms with Crippen LogP contribution in [0.3, 0.4) is 0 Å². The summed E-state index contributed by atoms with van der Waals surface area (Å²) in [5.41, 5.74) is 1.30. The van der Waals surface area contributed by atoms with Gasteiger partial charge in [-0.1, -0.05) is 48.0 Å². The molecule has 2 aromatic carbocycles. The van der Waals surface area contributed by atoms with Gasteiger partial charge in [0.25, 0.3) is 0 Å². The second-order valence-electron chi connectivity index (χ2n) is 3.68. The van der Waals surface area contributed by atoms with E-state index in [9.17, 15) is 8.42 Å². The highest BCUT2D eigenvalue weighted by molar-refractivity contribution is 7.89. The number of hydrogen-bond donors (Lipinski definition) is 1. The van der Waals surface area contributed by atoms with Crippen LogP contribution in [0, 0.1) is 0 Å². The first kappa shape index (κ1) is 13.1. The molecular weight excluding hydrogens is 270 g/mol. The van der Waals surface area contributed by atoms with Crippen molar-refractivity contribution in [3.63, 3.8) is 0 Å². The summed E-state index contributed by atoms with van der Waals surface area (Å²) in [4.78, 5) is 0.223. The number of hydrogen-bond acceptors (Lipinski definition) is 2. The van der Waals surface area contributed by atoms with Gasteiger partial charge >= 0.3 is 0 Å². The zero-order chi connectivity index (χ0) is 13.2. The van der Waals surface area contributed by atoms with Gasteiger partial charge in [0.05, 0.1) is 4.90 Å². The number of halogens is 1. The number of sulfonamides is 1. The summed E-state index contributed by atoms with van der Waals surface area (Å²) in [6.45, 7) is 0. The van der Waals surface area contributed by atoms with Crippen molar-refractivity contribution in [1.82, 2.24) is 4.72 Å². The van der Waals surface area contributed by atoms with E-state index in [0.717, 1.165) is 0 Å². The van der Waals surface area contributed by atoms with Crippen molar-refractivity contribution >= 4 is 21.6 Å². The summed E-state index contributed by atoms with van der Waals surface area (Å²) < 4.78 is 26.2. The Balaban J connectivity index is 2.71. The molecule has 0 saturated heterocycles. The molecule has 0 aromatic heterocycles. The lowest BCUT2D eigenvalue weighted by Gasteiger charge is -2.10. The highest BCUT2D eigenvalue weighted by atomic mass is 35.5. The molecule has 0 saturated carbocycles.